The Morgan fingerprint density at radius 1 is 1.07 bits per heavy atom. The highest BCUT2D eigenvalue weighted by molar-refractivity contribution is 5.91. The zero-order chi connectivity index (χ0) is 9.54. The van der Waals surface area contributed by atoms with E-state index in [-0.39, 0.29) is 0 Å². The van der Waals surface area contributed by atoms with Crippen molar-refractivity contribution in [3.8, 4) is 0 Å². The van der Waals surface area contributed by atoms with Crippen LogP contribution < -0.4 is 0 Å². The van der Waals surface area contributed by atoms with Crippen molar-refractivity contribution >= 4 is 10.8 Å². The predicted molar refractivity (Wildman–Crippen MR) is 60.4 cm³/mol. The monoisotopic (exact) mass is 181 g/mol. The average molecular weight is 181 g/mol. The third-order valence-electron chi connectivity index (χ3n) is 3.16. The van der Waals surface area contributed by atoms with Crippen molar-refractivity contribution in [2.45, 2.75) is 19.3 Å². The van der Waals surface area contributed by atoms with E-state index in [1.54, 1.807) is 0 Å². The molecule has 2 aromatic rings. The lowest BCUT2D eigenvalue weighted by Crippen LogP contribution is -1.85. The predicted octanol–water partition coefficient (Wildman–Crippen LogP) is 3.31. The minimum Gasteiger partial charge on any atom is -0.0614 e. The maximum Gasteiger partial charge on any atom is -0.0119 e. The summed E-state index contributed by atoms with van der Waals surface area (Å²) >= 11 is 0. The van der Waals surface area contributed by atoms with Gasteiger partial charge in [-0.05, 0) is 53.6 Å². The molecule has 1 radical (unpaired) electrons. The standard InChI is InChI=1S/C14H13/c1-2-10-8-12-5-3-4-11-6-7-13(9-10)14(11)12/h3-5,8-9H,1-2,6-7H2. The van der Waals surface area contributed by atoms with Gasteiger partial charge in [0, 0.05) is 0 Å². The van der Waals surface area contributed by atoms with Crippen LogP contribution in [0.2, 0.25) is 0 Å². The van der Waals surface area contributed by atoms with E-state index in [0.717, 1.165) is 6.42 Å². The van der Waals surface area contributed by atoms with Crippen molar-refractivity contribution in [3.05, 3.63) is 53.9 Å². The fourth-order valence-corrected chi connectivity index (χ4v) is 2.49. The quantitative estimate of drug-likeness (QED) is 0.633. The Hall–Kier alpha value is -1.30. The largest absolute Gasteiger partial charge is 0.0614 e. The van der Waals surface area contributed by atoms with E-state index < -0.39 is 0 Å². The van der Waals surface area contributed by atoms with E-state index in [1.807, 2.05) is 0 Å². The smallest absolute Gasteiger partial charge is 0.0119 e. The molecule has 2 aromatic carbocycles. The van der Waals surface area contributed by atoms with E-state index in [9.17, 15) is 0 Å². The lowest BCUT2D eigenvalue weighted by molar-refractivity contribution is 1.02. The van der Waals surface area contributed by atoms with Gasteiger partial charge in [-0.2, -0.15) is 0 Å². The summed E-state index contributed by atoms with van der Waals surface area (Å²) < 4.78 is 0. The molecule has 0 atom stereocenters. The summed E-state index contributed by atoms with van der Waals surface area (Å²) in [6.07, 6.45) is 3.32. The fraction of sp³-hybridized carbons (Fsp3) is 0.214. The van der Waals surface area contributed by atoms with E-state index in [0.29, 0.717) is 0 Å². The highest BCUT2D eigenvalue weighted by atomic mass is 14.2. The average Bonchev–Trinajstić information content (AvgIpc) is 2.64. The first-order valence-corrected chi connectivity index (χ1v) is 5.21. The molecule has 0 unspecified atom stereocenters. The molecule has 0 fully saturated rings. The molecule has 0 aromatic heterocycles. The van der Waals surface area contributed by atoms with Crippen molar-refractivity contribution < 1.29 is 0 Å². The van der Waals surface area contributed by atoms with Crippen LogP contribution in [0.1, 0.15) is 16.7 Å². The van der Waals surface area contributed by atoms with Gasteiger partial charge in [-0.15, -0.1) is 0 Å². The van der Waals surface area contributed by atoms with E-state index in [1.165, 1.54) is 40.3 Å². The molecule has 14 heavy (non-hydrogen) atoms. The Morgan fingerprint density at radius 2 is 1.93 bits per heavy atom. The van der Waals surface area contributed by atoms with Crippen LogP contribution in [0.15, 0.2) is 30.3 Å². The maximum atomic E-state index is 3.96. The fourth-order valence-electron chi connectivity index (χ4n) is 2.49. The third-order valence-corrected chi connectivity index (χ3v) is 3.16. The van der Waals surface area contributed by atoms with Gasteiger partial charge in [0.1, 0.15) is 0 Å². The van der Waals surface area contributed by atoms with E-state index in [4.69, 9.17) is 0 Å². The van der Waals surface area contributed by atoms with Gasteiger partial charge < -0.3 is 0 Å². The molecule has 1 aliphatic rings. The summed E-state index contributed by atoms with van der Waals surface area (Å²) in [5.74, 6) is 0. The minimum atomic E-state index is 0.896. The molecule has 0 bridgehead atoms. The highest BCUT2D eigenvalue weighted by Crippen LogP contribution is 2.31. The van der Waals surface area contributed by atoms with Crippen molar-refractivity contribution in [2.24, 2.45) is 0 Å². The molecule has 0 amide bonds. The summed E-state index contributed by atoms with van der Waals surface area (Å²) in [4.78, 5) is 0. The minimum absolute atomic E-state index is 0.896. The van der Waals surface area contributed by atoms with Crippen LogP contribution in [0, 0.1) is 6.92 Å². The van der Waals surface area contributed by atoms with Crippen molar-refractivity contribution in [1.82, 2.24) is 0 Å². The van der Waals surface area contributed by atoms with Gasteiger partial charge in [-0.3, -0.25) is 0 Å². The molecule has 69 valence electrons. The first-order chi connectivity index (χ1) is 6.88. The van der Waals surface area contributed by atoms with Crippen LogP contribution >= 0.6 is 0 Å². The summed E-state index contributed by atoms with van der Waals surface area (Å²) in [6.45, 7) is 3.96. The Balaban J connectivity index is 2.41. The van der Waals surface area contributed by atoms with Gasteiger partial charge in [-0.25, -0.2) is 0 Å². The topological polar surface area (TPSA) is 0 Å². The molecular formula is C14H13. The van der Waals surface area contributed by atoms with Crippen LogP contribution in [0.3, 0.4) is 0 Å². The zero-order valence-electron chi connectivity index (χ0n) is 8.22. The molecule has 0 spiro atoms. The van der Waals surface area contributed by atoms with Crippen LogP contribution in [-0.2, 0) is 19.3 Å². The van der Waals surface area contributed by atoms with E-state index in [2.05, 4.69) is 37.3 Å². The molecular weight excluding hydrogens is 168 g/mol. The summed E-state index contributed by atoms with van der Waals surface area (Å²) in [5.41, 5.74) is 4.41. The van der Waals surface area contributed by atoms with Crippen LogP contribution in [0.5, 0.6) is 0 Å². The Kier molecular flexibility index (Phi) is 1.63. The lowest BCUT2D eigenvalue weighted by Gasteiger charge is -2.04. The molecule has 0 heterocycles. The number of aryl methyl sites for hydroxylation is 2. The van der Waals surface area contributed by atoms with Gasteiger partial charge in [-0.1, -0.05) is 30.3 Å². The molecule has 0 heteroatoms. The van der Waals surface area contributed by atoms with Gasteiger partial charge in [0.2, 0.25) is 0 Å². The number of hydrogen-bond donors (Lipinski definition) is 0. The van der Waals surface area contributed by atoms with Gasteiger partial charge >= 0.3 is 0 Å². The number of hydrogen-bond acceptors (Lipinski definition) is 0. The summed E-state index contributed by atoms with van der Waals surface area (Å²) in [6, 6.07) is 11.2. The van der Waals surface area contributed by atoms with Gasteiger partial charge in [0.25, 0.3) is 0 Å². The highest BCUT2D eigenvalue weighted by Gasteiger charge is 2.13. The molecule has 0 nitrogen and oxygen atoms in total. The Labute approximate surface area is 84.6 Å². The molecule has 0 saturated heterocycles. The third kappa shape index (κ3) is 1.00. The number of rotatable bonds is 1. The first kappa shape index (κ1) is 8.05. The van der Waals surface area contributed by atoms with Crippen molar-refractivity contribution in [2.75, 3.05) is 0 Å². The van der Waals surface area contributed by atoms with Crippen molar-refractivity contribution in [3.63, 3.8) is 0 Å². The van der Waals surface area contributed by atoms with Crippen LogP contribution in [-0.4, -0.2) is 0 Å². The summed E-state index contributed by atoms with van der Waals surface area (Å²) in [7, 11) is 0. The maximum absolute atomic E-state index is 3.96. The zero-order valence-corrected chi connectivity index (χ0v) is 8.22. The molecule has 0 saturated carbocycles. The van der Waals surface area contributed by atoms with Gasteiger partial charge in [0.05, 0.1) is 0 Å². The SMILES string of the molecule is [CH2]Cc1cc2c3c(cccc3c1)CC2. The molecule has 0 N–H and O–H groups in total. The second kappa shape index (κ2) is 2.84. The van der Waals surface area contributed by atoms with Crippen molar-refractivity contribution in [1.29, 1.82) is 0 Å². The first-order valence-electron chi connectivity index (χ1n) is 5.21. The molecule has 0 aliphatic heterocycles. The Bertz CT molecular complexity index is 495. The lowest BCUT2D eigenvalue weighted by atomic mass is 10.0. The number of benzene rings is 2. The Morgan fingerprint density at radius 3 is 2.79 bits per heavy atom. The van der Waals surface area contributed by atoms with Crippen LogP contribution in [0.25, 0.3) is 10.8 Å². The van der Waals surface area contributed by atoms with Gasteiger partial charge in [0.15, 0.2) is 0 Å². The second-order valence-electron chi connectivity index (χ2n) is 4.02. The van der Waals surface area contributed by atoms with Crippen LogP contribution in [0.4, 0.5) is 0 Å². The molecule has 1 aliphatic carbocycles. The van der Waals surface area contributed by atoms with E-state index >= 15 is 0 Å². The normalized spacial score (nSPS) is 13.8. The second-order valence-corrected chi connectivity index (χ2v) is 4.02. The molecule has 3 rings (SSSR count). The summed E-state index contributed by atoms with van der Waals surface area (Å²) in [5, 5.41) is 2.90.